The lowest BCUT2D eigenvalue weighted by Crippen LogP contribution is -2.15. The first-order valence-corrected chi connectivity index (χ1v) is 17.2. The Hall–Kier alpha value is -4.41. The number of imidazole rings is 2. The number of carbonyl (C=O) groups is 2. The summed E-state index contributed by atoms with van der Waals surface area (Å²) in [6.45, 7) is 5.27. The molecule has 0 radical (unpaired) electrons. The standard InChI is InChI=1S/C18H19F3N2O3.C17H17F3N2O3.CH3Cl/c1-10-3-4-12(17(24)25-2)9-13(10)14-15(18(19,20)21)23-16(22-14)11-5-7-26-8-6-11;1-9-2-3-11(16(23)24)8-12(9)13-14(17(18,19)20)22-15(21-13)10-4-6-25-7-5-10;1-2/h3-4,9,11H,5-8H2,1-2H3,(H,22,23);2-3,8,10H,4-7H2,1H3,(H,21,22)(H,23,24);1H3. The zero-order valence-corrected chi connectivity index (χ0v) is 30.1. The summed E-state index contributed by atoms with van der Waals surface area (Å²) in [4.78, 5) is 36.3. The number of rotatable bonds is 6. The van der Waals surface area contributed by atoms with Crippen molar-refractivity contribution in [2.45, 2.75) is 63.7 Å². The first-order chi connectivity index (χ1) is 25.1. The van der Waals surface area contributed by atoms with Crippen LogP contribution in [0.4, 0.5) is 26.3 Å². The Kier molecular flexibility index (Phi) is 13.7. The van der Waals surface area contributed by atoms with Gasteiger partial charge in [0.05, 0.1) is 18.2 Å². The first-order valence-electron chi connectivity index (χ1n) is 16.5. The number of benzene rings is 2. The van der Waals surface area contributed by atoms with Gasteiger partial charge in [-0.1, -0.05) is 12.1 Å². The van der Waals surface area contributed by atoms with Gasteiger partial charge in [-0.2, -0.15) is 26.3 Å². The van der Waals surface area contributed by atoms with E-state index in [4.69, 9.17) is 14.6 Å². The van der Waals surface area contributed by atoms with E-state index in [-0.39, 0.29) is 51.3 Å². The van der Waals surface area contributed by atoms with Crippen molar-refractivity contribution in [2.24, 2.45) is 0 Å². The minimum atomic E-state index is -4.61. The molecule has 0 amide bonds. The predicted octanol–water partition coefficient (Wildman–Crippen LogP) is 8.94. The van der Waals surface area contributed by atoms with E-state index in [0.717, 1.165) is 0 Å². The van der Waals surface area contributed by atoms with Crippen LogP contribution in [0.15, 0.2) is 36.4 Å². The summed E-state index contributed by atoms with van der Waals surface area (Å²) in [5, 5.41) is 9.12. The SMILES string of the molecule is CCl.COC(=O)c1ccc(C)c(-c2nc(C3CCOCC3)[nH]c2C(F)(F)F)c1.Cc1ccc(C(=O)O)cc1-c1nc(C2CCOCC2)[nH]c1C(F)(F)F. The third kappa shape index (κ3) is 9.97. The van der Waals surface area contributed by atoms with Gasteiger partial charge in [-0.3, -0.25) is 0 Å². The van der Waals surface area contributed by atoms with Crippen LogP contribution in [-0.2, 0) is 26.6 Å². The van der Waals surface area contributed by atoms with Gasteiger partial charge in [0.25, 0.3) is 0 Å². The van der Waals surface area contributed by atoms with E-state index in [1.54, 1.807) is 19.9 Å². The van der Waals surface area contributed by atoms with Crippen molar-refractivity contribution in [2.75, 3.05) is 39.9 Å². The number of nitrogens with zero attached hydrogens (tertiary/aromatic N) is 2. The van der Waals surface area contributed by atoms with Crippen molar-refractivity contribution in [3.8, 4) is 22.5 Å². The highest BCUT2D eigenvalue weighted by Crippen LogP contribution is 2.41. The van der Waals surface area contributed by atoms with Gasteiger partial charge in [0, 0.05) is 55.8 Å². The van der Waals surface area contributed by atoms with Crippen molar-refractivity contribution in [3.05, 3.63) is 81.7 Å². The number of ether oxygens (including phenoxy) is 3. The van der Waals surface area contributed by atoms with Crippen LogP contribution in [-0.4, -0.2) is 76.9 Å². The second-order valence-corrected chi connectivity index (χ2v) is 12.3. The van der Waals surface area contributed by atoms with Gasteiger partial charge >= 0.3 is 24.3 Å². The molecule has 0 aliphatic carbocycles. The van der Waals surface area contributed by atoms with E-state index >= 15 is 0 Å². The van der Waals surface area contributed by atoms with E-state index in [1.165, 1.54) is 43.8 Å². The van der Waals surface area contributed by atoms with E-state index in [2.05, 4.69) is 36.3 Å². The number of hydrogen-bond donors (Lipinski definition) is 3. The number of aromatic amines is 2. The number of hydrogen-bond acceptors (Lipinski definition) is 7. The lowest BCUT2D eigenvalue weighted by molar-refractivity contribution is -0.141. The third-order valence-electron chi connectivity index (χ3n) is 8.88. The number of nitrogens with one attached hydrogen (secondary N) is 2. The Morgan fingerprint density at radius 1 is 0.736 bits per heavy atom. The third-order valence-corrected chi connectivity index (χ3v) is 8.88. The van der Waals surface area contributed by atoms with Gasteiger partial charge in [-0.05, 0) is 74.9 Å². The highest BCUT2D eigenvalue weighted by Gasteiger charge is 2.40. The molecule has 2 aliphatic heterocycles. The molecule has 3 N–H and O–H groups in total. The van der Waals surface area contributed by atoms with Gasteiger partial charge < -0.3 is 29.3 Å². The molecule has 0 atom stereocenters. The Labute approximate surface area is 306 Å². The van der Waals surface area contributed by atoms with Gasteiger partial charge in [0.2, 0.25) is 0 Å². The Morgan fingerprint density at radius 2 is 1.11 bits per heavy atom. The molecule has 0 bridgehead atoms. The number of carboxylic acid groups (broad SMARTS) is 1. The summed E-state index contributed by atoms with van der Waals surface area (Å²) in [5.41, 5.74) is -0.646. The monoisotopic (exact) mass is 772 g/mol. The molecule has 4 heterocycles. The van der Waals surface area contributed by atoms with Crippen LogP contribution >= 0.6 is 11.6 Å². The summed E-state index contributed by atoms with van der Waals surface area (Å²) in [6.07, 6.45) is -5.30. The maximum atomic E-state index is 13.6. The molecule has 2 fully saturated rings. The molecule has 10 nitrogen and oxygen atoms in total. The van der Waals surface area contributed by atoms with Crippen LogP contribution in [0.2, 0.25) is 0 Å². The number of carboxylic acids is 1. The van der Waals surface area contributed by atoms with E-state index < -0.39 is 35.7 Å². The second-order valence-electron chi connectivity index (χ2n) is 12.3. The van der Waals surface area contributed by atoms with Gasteiger partial charge in [-0.25, -0.2) is 19.6 Å². The number of methoxy groups -OCH3 is 1. The van der Waals surface area contributed by atoms with Crippen LogP contribution in [0.25, 0.3) is 22.5 Å². The molecule has 0 saturated carbocycles. The molecule has 288 valence electrons. The molecule has 53 heavy (non-hydrogen) atoms. The zero-order chi connectivity index (χ0) is 39.1. The molecule has 2 aliphatic rings. The second kappa shape index (κ2) is 17.6. The number of aromatic nitrogens is 4. The molecular formula is C36H39ClF6N4O6. The highest BCUT2D eigenvalue weighted by molar-refractivity contribution is 6.15. The van der Waals surface area contributed by atoms with Crippen LogP contribution in [0.3, 0.4) is 0 Å². The van der Waals surface area contributed by atoms with E-state index in [9.17, 15) is 35.9 Å². The van der Waals surface area contributed by atoms with Gasteiger partial charge in [-0.15, -0.1) is 11.6 Å². The lowest BCUT2D eigenvalue weighted by atomic mass is 9.99. The van der Waals surface area contributed by atoms with Crippen molar-refractivity contribution in [3.63, 3.8) is 0 Å². The zero-order valence-electron chi connectivity index (χ0n) is 29.3. The summed E-state index contributed by atoms with van der Waals surface area (Å²) in [6, 6.07) is 8.58. The lowest BCUT2D eigenvalue weighted by Gasteiger charge is -2.19. The van der Waals surface area contributed by atoms with E-state index in [0.29, 0.717) is 69.1 Å². The molecule has 0 unspecified atom stereocenters. The smallest absolute Gasteiger partial charge is 0.433 e. The molecule has 2 aromatic carbocycles. The number of halogens is 7. The summed E-state index contributed by atoms with van der Waals surface area (Å²) in [5.74, 6) is -1.48. The minimum Gasteiger partial charge on any atom is -0.478 e. The Morgan fingerprint density at radius 3 is 1.47 bits per heavy atom. The summed E-state index contributed by atoms with van der Waals surface area (Å²) < 4.78 is 96.4. The minimum absolute atomic E-state index is 0.0793. The fourth-order valence-corrected chi connectivity index (χ4v) is 6.04. The van der Waals surface area contributed by atoms with Crippen molar-refractivity contribution < 1.29 is 55.2 Å². The van der Waals surface area contributed by atoms with Gasteiger partial charge in [0.15, 0.2) is 0 Å². The number of aryl methyl sites for hydroxylation is 2. The number of aromatic carboxylic acids is 1. The fourth-order valence-electron chi connectivity index (χ4n) is 6.04. The molecule has 17 heteroatoms. The van der Waals surface area contributed by atoms with Crippen molar-refractivity contribution in [1.29, 1.82) is 0 Å². The van der Waals surface area contributed by atoms with Crippen LogP contribution < -0.4 is 0 Å². The topological polar surface area (TPSA) is 139 Å². The molecule has 0 spiro atoms. The predicted molar refractivity (Wildman–Crippen MR) is 183 cm³/mol. The average Bonchev–Trinajstić information content (AvgIpc) is 3.80. The van der Waals surface area contributed by atoms with Gasteiger partial charge in [0.1, 0.15) is 34.4 Å². The maximum absolute atomic E-state index is 13.6. The quantitative estimate of drug-likeness (QED) is 0.100. The largest absolute Gasteiger partial charge is 0.478 e. The molecular weight excluding hydrogens is 734 g/mol. The number of H-pyrrole nitrogens is 2. The molecule has 2 aromatic heterocycles. The average molecular weight is 773 g/mol. The molecule has 4 aromatic rings. The maximum Gasteiger partial charge on any atom is 0.433 e. The van der Waals surface area contributed by atoms with Crippen LogP contribution in [0, 0.1) is 13.8 Å². The number of esters is 1. The highest BCUT2D eigenvalue weighted by atomic mass is 35.5. The number of alkyl halides is 7. The Balaban J connectivity index is 0.000000226. The fraction of sp³-hybridized carbons (Fsp3) is 0.444. The molecule has 2 saturated heterocycles. The van der Waals surface area contributed by atoms with E-state index in [1.807, 2.05) is 0 Å². The normalized spacial score (nSPS) is 15.5. The Bertz CT molecular complexity index is 1880. The molecule has 6 rings (SSSR count). The number of carbonyl (C=O) groups excluding carboxylic acids is 1. The van der Waals surface area contributed by atoms with Crippen molar-refractivity contribution in [1.82, 2.24) is 19.9 Å². The summed E-state index contributed by atoms with van der Waals surface area (Å²) in [7, 11) is 1.22. The van der Waals surface area contributed by atoms with Crippen molar-refractivity contribution >= 4 is 23.5 Å². The first kappa shape index (κ1) is 41.3. The summed E-state index contributed by atoms with van der Waals surface area (Å²) >= 11 is 4.64. The van der Waals surface area contributed by atoms with Crippen LogP contribution in [0.1, 0.15) is 92.4 Å². The van der Waals surface area contributed by atoms with Crippen LogP contribution in [0.5, 0.6) is 0 Å².